The van der Waals surface area contributed by atoms with Crippen molar-refractivity contribution in [1.82, 2.24) is 0 Å². The molecule has 13 heavy (non-hydrogen) atoms. The fraction of sp³-hybridized carbons (Fsp3) is 1.00. The Morgan fingerprint density at radius 2 is 1.08 bits per heavy atom. The van der Waals surface area contributed by atoms with Crippen molar-refractivity contribution in [1.29, 1.82) is 0 Å². The van der Waals surface area contributed by atoms with Crippen molar-refractivity contribution < 1.29 is 0 Å². The van der Waals surface area contributed by atoms with Crippen molar-refractivity contribution in [3.05, 3.63) is 0 Å². The van der Waals surface area contributed by atoms with Gasteiger partial charge in [-0.15, -0.1) is 0 Å². The number of hydrogen-bond acceptors (Lipinski definition) is 0. The predicted molar refractivity (Wildman–Crippen MR) is 66.2 cm³/mol. The van der Waals surface area contributed by atoms with Crippen molar-refractivity contribution >= 4 is 0 Å². The van der Waals surface area contributed by atoms with Crippen LogP contribution in [0.2, 0.25) is 0 Å². The van der Waals surface area contributed by atoms with Gasteiger partial charge in [-0.2, -0.15) is 0 Å². The molecule has 0 aliphatic carbocycles. The lowest BCUT2D eigenvalue weighted by Gasteiger charge is -2.12. The Hall–Kier alpha value is 0. The molecule has 0 aromatic carbocycles. The average molecular weight is 188 g/mol. The van der Waals surface area contributed by atoms with Crippen LogP contribution in [0.15, 0.2) is 0 Å². The van der Waals surface area contributed by atoms with E-state index >= 15 is 0 Å². The van der Waals surface area contributed by atoms with Gasteiger partial charge in [-0.1, -0.05) is 75.2 Å². The minimum atomic E-state index is 0.542. The van der Waals surface area contributed by atoms with Gasteiger partial charge in [0.2, 0.25) is 0 Å². The van der Waals surface area contributed by atoms with Crippen LogP contribution in [0.1, 0.15) is 75.2 Å². The molecule has 0 N–H and O–H groups in total. The summed E-state index contributed by atoms with van der Waals surface area (Å²) in [6, 6.07) is 0. The van der Waals surface area contributed by atoms with Crippen LogP contribution in [0.4, 0.5) is 0 Å². The van der Waals surface area contributed by atoms with Crippen LogP contribution in [0.25, 0.3) is 0 Å². The van der Waals surface area contributed by atoms with E-state index in [1.807, 2.05) is 13.8 Å². The SMILES string of the molecule is CC.CCC(C)(C)C.CCC(C)C. The maximum absolute atomic E-state index is 2.24. The highest BCUT2D eigenvalue weighted by Gasteiger charge is 2.03. The third kappa shape index (κ3) is 48.0. The van der Waals surface area contributed by atoms with E-state index in [1.165, 1.54) is 12.8 Å². The quantitative estimate of drug-likeness (QED) is 0.508. The molecule has 0 amide bonds. The van der Waals surface area contributed by atoms with Gasteiger partial charge in [0.05, 0.1) is 0 Å². The molecule has 0 aliphatic heterocycles. The van der Waals surface area contributed by atoms with Gasteiger partial charge in [0.15, 0.2) is 0 Å². The summed E-state index contributed by atoms with van der Waals surface area (Å²) in [7, 11) is 0. The molecule has 0 aromatic heterocycles. The maximum atomic E-state index is 2.24. The average Bonchev–Trinajstić information content (AvgIpc) is 2.08. The fourth-order valence-electron chi connectivity index (χ4n) is 0. The molecule has 0 heterocycles. The molecule has 0 atom stereocenters. The van der Waals surface area contributed by atoms with Crippen molar-refractivity contribution in [3.8, 4) is 0 Å². The monoisotopic (exact) mass is 188 g/mol. The highest BCUT2D eigenvalue weighted by atomic mass is 14.1. The lowest BCUT2D eigenvalue weighted by Crippen LogP contribution is -2.00. The Labute approximate surface area is 87.1 Å². The second-order valence-electron chi connectivity index (χ2n) is 4.72. The fourth-order valence-corrected chi connectivity index (χ4v) is 0. The van der Waals surface area contributed by atoms with E-state index < -0.39 is 0 Å². The number of rotatable bonds is 1. The smallest absolute Gasteiger partial charge is 0.0385 e. The summed E-state index contributed by atoms with van der Waals surface area (Å²) in [4.78, 5) is 0. The maximum Gasteiger partial charge on any atom is -0.0385 e. The van der Waals surface area contributed by atoms with Crippen LogP contribution in [-0.4, -0.2) is 0 Å². The van der Waals surface area contributed by atoms with Gasteiger partial charge in [-0.3, -0.25) is 0 Å². The second-order valence-corrected chi connectivity index (χ2v) is 4.72. The summed E-state index contributed by atoms with van der Waals surface area (Å²) in [6.45, 7) is 19.6. The third-order valence-electron chi connectivity index (χ3n) is 1.88. The molecule has 0 fully saturated rings. The van der Waals surface area contributed by atoms with Gasteiger partial charge in [0.1, 0.15) is 0 Å². The van der Waals surface area contributed by atoms with Gasteiger partial charge < -0.3 is 0 Å². The second kappa shape index (κ2) is 12.0. The first-order valence-corrected chi connectivity index (χ1v) is 5.83. The Kier molecular flexibility index (Phi) is 17.3. The van der Waals surface area contributed by atoms with E-state index in [-0.39, 0.29) is 0 Å². The van der Waals surface area contributed by atoms with E-state index in [0.717, 1.165) is 5.92 Å². The van der Waals surface area contributed by atoms with Crippen LogP contribution in [0.3, 0.4) is 0 Å². The van der Waals surface area contributed by atoms with Gasteiger partial charge in [-0.05, 0) is 11.3 Å². The van der Waals surface area contributed by atoms with Crippen LogP contribution in [0.5, 0.6) is 0 Å². The Morgan fingerprint density at radius 3 is 1.08 bits per heavy atom. The van der Waals surface area contributed by atoms with Crippen LogP contribution >= 0.6 is 0 Å². The third-order valence-corrected chi connectivity index (χ3v) is 1.88. The Bertz CT molecular complexity index is 64.6. The highest BCUT2D eigenvalue weighted by Crippen LogP contribution is 2.16. The minimum absolute atomic E-state index is 0.542. The lowest BCUT2D eigenvalue weighted by molar-refractivity contribution is 0.398. The highest BCUT2D eigenvalue weighted by molar-refractivity contribution is 4.55. The van der Waals surface area contributed by atoms with E-state index in [1.54, 1.807) is 0 Å². The number of hydrogen-bond donors (Lipinski definition) is 0. The van der Waals surface area contributed by atoms with Gasteiger partial charge in [-0.25, -0.2) is 0 Å². The Morgan fingerprint density at radius 1 is 0.923 bits per heavy atom. The van der Waals surface area contributed by atoms with Gasteiger partial charge in [0, 0.05) is 0 Å². The van der Waals surface area contributed by atoms with E-state index in [0.29, 0.717) is 5.41 Å². The molecular formula is C13H32. The zero-order valence-electron chi connectivity index (χ0n) is 11.5. The molecule has 84 valence electrons. The van der Waals surface area contributed by atoms with Gasteiger partial charge in [0.25, 0.3) is 0 Å². The lowest BCUT2D eigenvalue weighted by atomic mass is 9.94. The first kappa shape index (κ1) is 18.7. The molecule has 0 saturated heterocycles. The standard InChI is InChI=1S/C6H14.C5H12.C2H6/c1-5-6(2,3)4;1-4-5(2)3;1-2/h5H2,1-4H3;5H,4H2,1-3H3;1-2H3. The van der Waals surface area contributed by atoms with Gasteiger partial charge >= 0.3 is 0 Å². The predicted octanol–water partition coefficient (Wildman–Crippen LogP) is 5.52. The summed E-state index contributed by atoms with van der Waals surface area (Å²) in [5.41, 5.74) is 0.542. The molecule has 0 bridgehead atoms. The summed E-state index contributed by atoms with van der Waals surface area (Å²) in [5, 5.41) is 0. The van der Waals surface area contributed by atoms with Crippen LogP contribution in [0, 0.1) is 11.3 Å². The minimum Gasteiger partial charge on any atom is -0.0683 e. The van der Waals surface area contributed by atoms with Crippen molar-refractivity contribution in [3.63, 3.8) is 0 Å². The largest absolute Gasteiger partial charge is 0.0683 e. The summed E-state index contributed by atoms with van der Waals surface area (Å²) < 4.78 is 0. The van der Waals surface area contributed by atoms with Crippen molar-refractivity contribution in [2.45, 2.75) is 75.2 Å². The summed E-state index contributed by atoms with van der Waals surface area (Å²) in [5.74, 6) is 0.884. The first-order valence-electron chi connectivity index (χ1n) is 5.83. The first-order chi connectivity index (χ1) is 5.83. The van der Waals surface area contributed by atoms with E-state index in [4.69, 9.17) is 0 Å². The van der Waals surface area contributed by atoms with Crippen LogP contribution < -0.4 is 0 Å². The van der Waals surface area contributed by atoms with E-state index in [9.17, 15) is 0 Å². The molecule has 0 saturated carbocycles. The summed E-state index contributed by atoms with van der Waals surface area (Å²) in [6.07, 6.45) is 2.58. The molecule has 0 unspecified atom stereocenters. The Balaban J connectivity index is -0.000000131. The normalized spacial score (nSPS) is 9.69. The molecule has 0 heteroatoms. The zero-order valence-corrected chi connectivity index (χ0v) is 11.5. The van der Waals surface area contributed by atoms with E-state index in [2.05, 4.69) is 48.5 Å². The molecule has 0 aromatic rings. The summed E-state index contributed by atoms with van der Waals surface area (Å²) >= 11 is 0. The molecule has 0 rings (SSSR count). The molecule has 0 radical (unpaired) electrons. The molecule has 0 nitrogen and oxygen atoms in total. The molecular weight excluding hydrogens is 156 g/mol. The zero-order chi connectivity index (χ0) is 11.5. The molecule has 0 spiro atoms. The van der Waals surface area contributed by atoms with Crippen LogP contribution in [-0.2, 0) is 0 Å². The topological polar surface area (TPSA) is 0 Å². The van der Waals surface area contributed by atoms with Crippen molar-refractivity contribution in [2.75, 3.05) is 0 Å². The molecule has 0 aliphatic rings. The van der Waals surface area contributed by atoms with Crippen molar-refractivity contribution in [2.24, 2.45) is 11.3 Å².